The molecule has 1 unspecified atom stereocenters. The maximum absolute atomic E-state index is 11.5. The minimum absolute atomic E-state index is 0.134. The molecule has 1 amide bonds. The number of carboxylic acids is 3. The van der Waals surface area contributed by atoms with Crippen molar-refractivity contribution in [2.45, 2.75) is 32.2 Å². The van der Waals surface area contributed by atoms with E-state index in [2.05, 4.69) is 17.0 Å². The number of aryl methyl sites for hydroxylation is 2. The molecular formula is C25H38N4O7. The molecule has 200 valence electrons. The van der Waals surface area contributed by atoms with Crippen LogP contribution in [0.4, 0.5) is 0 Å². The third kappa shape index (κ3) is 11.1. The van der Waals surface area contributed by atoms with E-state index in [9.17, 15) is 34.5 Å². The minimum Gasteiger partial charge on any atom is -0.480 e. The molecule has 0 spiro atoms. The molecular weight excluding hydrogens is 468 g/mol. The van der Waals surface area contributed by atoms with Crippen LogP contribution < -0.4 is 0 Å². The Morgan fingerprint density at radius 2 is 1.44 bits per heavy atom. The summed E-state index contributed by atoms with van der Waals surface area (Å²) in [6, 6.07) is 7.87. The van der Waals surface area contributed by atoms with E-state index in [1.54, 1.807) is 9.80 Å². The first-order valence-corrected chi connectivity index (χ1v) is 12.2. The van der Waals surface area contributed by atoms with Gasteiger partial charge in [0.05, 0.1) is 19.6 Å². The monoisotopic (exact) mass is 506 g/mol. The summed E-state index contributed by atoms with van der Waals surface area (Å²) in [6.07, 6.45) is 2.89. The Morgan fingerprint density at radius 1 is 0.889 bits per heavy atom. The van der Waals surface area contributed by atoms with Crippen LogP contribution in [0.25, 0.3) is 0 Å². The van der Waals surface area contributed by atoms with Gasteiger partial charge in [0.2, 0.25) is 6.41 Å². The van der Waals surface area contributed by atoms with E-state index >= 15 is 0 Å². The van der Waals surface area contributed by atoms with Crippen LogP contribution in [-0.2, 0) is 25.6 Å². The summed E-state index contributed by atoms with van der Waals surface area (Å²) >= 11 is 0. The SMILES string of the molecule is Cc1ccc(CCCC(CN2CCN(C=O)CCN(CC(=O)O)CC2)N(CC(=O)O)CC(=O)O)cc1. The molecule has 1 aromatic carbocycles. The highest BCUT2D eigenvalue weighted by Gasteiger charge is 2.26. The molecule has 1 heterocycles. The van der Waals surface area contributed by atoms with Gasteiger partial charge in [-0.3, -0.25) is 33.9 Å². The zero-order chi connectivity index (χ0) is 26.5. The zero-order valence-corrected chi connectivity index (χ0v) is 20.9. The lowest BCUT2D eigenvalue weighted by Crippen LogP contribution is -2.50. The van der Waals surface area contributed by atoms with Crippen molar-refractivity contribution >= 4 is 24.3 Å². The van der Waals surface area contributed by atoms with Crippen LogP contribution in [0.3, 0.4) is 0 Å². The first-order chi connectivity index (χ1) is 17.2. The van der Waals surface area contributed by atoms with E-state index in [0.29, 0.717) is 52.2 Å². The second-order valence-electron chi connectivity index (χ2n) is 9.34. The fourth-order valence-electron chi connectivity index (χ4n) is 4.44. The molecule has 0 radical (unpaired) electrons. The predicted octanol–water partition coefficient (Wildman–Crippen LogP) is 0.318. The number of amides is 1. The highest BCUT2D eigenvalue weighted by molar-refractivity contribution is 5.72. The third-order valence-electron chi connectivity index (χ3n) is 6.43. The van der Waals surface area contributed by atoms with Gasteiger partial charge in [-0.2, -0.15) is 0 Å². The number of nitrogens with zero attached hydrogens (tertiary/aromatic N) is 4. The Bertz CT molecular complexity index is 848. The number of carboxylic acid groups (broad SMARTS) is 3. The summed E-state index contributed by atoms with van der Waals surface area (Å²) < 4.78 is 0. The van der Waals surface area contributed by atoms with Gasteiger partial charge in [-0.25, -0.2) is 0 Å². The van der Waals surface area contributed by atoms with E-state index in [0.717, 1.165) is 24.8 Å². The highest BCUT2D eigenvalue weighted by atomic mass is 16.4. The van der Waals surface area contributed by atoms with Gasteiger partial charge in [-0.15, -0.1) is 0 Å². The maximum atomic E-state index is 11.5. The molecule has 11 nitrogen and oxygen atoms in total. The fraction of sp³-hybridized carbons (Fsp3) is 0.600. The van der Waals surface area contributed by atoms with Crippen molar-refractivity contribution in [3.63, 3.8) is 0 Å². The van der Waals surface area contributed by atoms with Crippen LogP contribution in [0.2, 0.25) is 0 Å². The molecule has 36 heavy (non-hydrogen) atoms. The number of hydrogen-bond acceptors (Lipinski definition) is 7. The van der Waals surface area contributed by atoms with Crippen molar-refractivity contribution < 1.29 is 34.5 Å². The van der Waals surface area contributed by atoms with Gasteiger partial charge in [0, 0.05) is 51.9 Å². The molecule has 0 saturated carbocycles. The van der Waals surface area contributed by atoms with Crippen LogP contribution in [-0.4, -0.2) is 131 Å². The first kappa shape index (κ1) is 29.2. The van der Waals surface area contributed by atoms with Crippen LogP contribution >= 0.6 is 0 Å². The molecule has 2 rings (SSSR count). The van der Waals surface area contributed by atoms with E-state index < -0.39 is 17.9 Å². The van der Waals surface area contributed by atoms with E-state index in [4.69, 9.17) is 0 Å². The van der Waals surface area contributed by atoms with Gasteiger partial charge in [-0.1, -0.05) is 29.8 Å². The van der Waals surface area contributed by atoms with Gasteiger partial charge in [-0.05, 0) is 31.7 Å². The molecule has 3 N–H and O–H groups in total. The van der Waals surface area contributed by atoms with Crippen LogP contribution in [0.15, 0.2) is 24.3 Å². The quantitative estimate of drug-likeness (QED) is 0.302. The van der Waals surface area contributed by atoms with Crippen molar-refractivity contribution in [3.8, 4) is 0 Å². The molecule has 0 bridgehead atoms. The van der Waals surface area contributed by atoms with Crippen molar-refractivity contribution in [1.82, 2.24) is 19.6 Å². The average Bonchev–Trinajstić information content (AvgIpc) is 2.89. The Morgan fingerprint density at radius 3 is 2.00 bits per heavy atom. The summed E-state index contributed by atoms with van der Waals surface area (Å²) in [4.78, 5) is 52.7. The minimum atomic E-state index is -1.09. The Kier molecular flexibility index (Phi) is 12.3. The standard InChI is InChI=1S/C25H38N4O7/c1-20-5-7-21(8-6-20)3-2-4-22(29(17-24(33)34)18-25(35)36)15-26-9-10-27(16-23(31)32)12-14-28(19-30)13-11-26/h5-8,19,22H,2-4,9-18H2,1H3,(H,31,32)(H,33,34)(H,35,36). The lowest BCUT2D eigenvalue weighted by atomic mass is 10.0. The Hall–Kier alpha value is -3.02. The summed E-state index contributed by atoms with van der Waals surface area (Å²) in [5.74, 6) is -3.13. The number of benzene rings is 1. The largest absolute Gasteiger partial charge is 0.480 e. The molecule has 1 aliphatic heterocycles. The number of carbonyl (C=O) groups is 4. The van der Waals surface area contributed by atoms with Crippen molar-refractivity contribution in [3.05, 3.63) is 35.4 Å². The lowest BCUT2D eigenvalue weighted by molar-refractivity contribution is -0.143. The first-order valence-electron chi connectivity index (χ1n) is 12.2. The summed E-state index contributed by atoms with van der Waals surface area (Å²) in [7, 11) is 0. The Labute approximate surface area is 211 Å². The molecule has 0 aromatic heterocycles. The molecule has 1 saturated heterocycles. The second kappa shape index (κ2) is 15.2. The van der Waals surface area contributed by atoms with Gasteiger partial charge in [0.1, 0.15) is 0 Å². The molecule has 1 aromatic rings. The summed E-state index contributed by atoms with van der Waals surface area (Å²) in [5.41, 5.74) is 2.33. The molecule has 1 atom stereocenters. The molecule has 11 heteroatoms. The smallest absolute Gasteiger partial charge is 0.317 e. The van der Waals surface area contributed by atoms with Crippen LogP contribution in [0.1, 0.15) is 24.0 Å². The fourth-order valence-corrected chi connectivity index (χ4v) is 4.44. The van der Waals surface area contributed by atoms with Crippen LogP contribution in [0.5, 0.6) is 0 Å². The maximum Gasteiger partial charge on any atom is 0.317 e. The lowest BCUT2D eigenvalue weighted by Gasteiger charge is -2.34. The van der Waals surface area contributed by atoms with Crippen molar-refractivity contribution in [2.75, 3.05) is 65.4 Å². The van der Waals surface area contributed by atoms with Crippen molar-refractivity contribution in [1.29, 1.82) is 0 Å². The second-order valence-corrected chi connectivity index (χ2v) is 9.34. The van der Waals surface area contributed by atoms with E-state index in [1.807, 2.05) is 19.1 Å². The van der Waals surface area contributed by atoms with E-state index in [-0.39, 0.29) is 25.7 Å². The van der Waals surface area contributed by atoms with Crippen molar-refractivity contribution in [2.24, 2.45) is 0 Å². The average molecular weight is 507 g/mol. The summed E-state index contributed by atoms with van der Waals surface area (Å²) in [6.45, 7) is 4.40. The van der Waals surface area contributed by atoms with Crippen LogP contribution in [0, 0.1) is 6.92 Å². The molecule has 1 fully saturated rings. The normalized spacial score (nSPS) is 16.7. The number of hydrogen-bond donors (Lipinski definition) is 3. The van der Waals surface area contributed by atoms with Gasteiger partial charge < -0.3 is 20.2 Å². The van der Waals surface area contributed by atoms with Gasteiger partial charge in [0.25, 0.3) is 0 Å². The number of rotatable bonds is 14. The topological polar surface area (TPSA) is 142 Å². The van der Waals surface area contributed by atoms with E-state index in [1.165, 1.54) is 10.5 Å². The molecule has 0 aliphatic carbocycles. The Balaban J connectivity index is 2.16. The highest BCUT2D eigenvalue weighted by Crippen LogP contribution is 2.14. The van der Waals surface area contributed by atoms with Gasteiger partial charge in [0.15, 0.2) is 0 Å². The number of carbonyl (C=O) groups excluding carboxylic acids is 1. The van der Waals surface area contributed by atoms with Gasteiger partial charge >= 0.3 is 17.9 Å². The third-order valence-corrected chi connectivity index (χ3v) is 6.43. The number of aliphatic carboxylic acids is 3. The predicted molar refractivity (Wildman–Crippen MR) is 133 cm³/mol. The molecule has 1 aliphatic rings. The summed E-state index contributed by atoms with van der Waals surface area (Å²) in [5, 5.41) is 28.1. The zero-order valence-electron chi connectivity index (χ0n) is 20.9.